The number of nitrogens with one attached hydrogen (secondary N) is 2. The first-order valence-corrected chi connectivity index (χ1v) is 7.87. The first-order chi connectivity index (χ1) is 12.6. The molecule has 0 atom stereocenters. The van der Waals surface area contributed by atoms with Crippen LogP contribution in [0.4, 0.5) is 4.39 Å². The lowest BCUT2D eigenvalue weighted by Gasteiger charge is -2.08. The number of carbonyl (C=O) groups is 2. The van der Waals surface area contributed by atoms with Crippen LogP contribution in [0.15, 0.2) is 48.8 Å². The maximum Gasteiger partial charge on any atom is 0.253 e. The van der Waals surface area contributed by atoms with E-state index in [9.17, 15) is 14.0 Å². The molecule has 26 heavy (non-hydrogen) atoms. The van der Waals surface area contributed by atoms with E-state index in [0.29, 0.717) is 29.0 Å². The predicted octanol–water partition coefficient (Wildman–Crippen LogP) is 3.25. The molecule has 3 aromatic rings. The Hall–Kier alpha value is -3.48. The summed E-state index contributed by atoms with van der Waals surface area (Å²) in [5.74, 6) is -0.277. The highest BCUT2D eigenvalue weighted by Gasteiger charge is 2.11. The van der Waals surface area contributed by atoms with Crippen LogP contribution >= 0.6 is 0 Å². The van der Waals surface area contributed by atoms with Crippen LogP contribution in [-0.2, 0) is 4.79 Å². The molecule has 0 saturated heterocycles. The van der Waals surface area contributed by atoms with Crippen LogP contribution in [0.25, 0.3) is 11.4 Å². The van der Waals surface area contributed by atoms with E-state index in [1.165, 1.54) is 18.5 Å². The van der Waals surface area contributed by atoms with Crippen molar-refractivity contribution in [3.05, 3.63) is 65.7 Å². The number of hydrogen-bond acceptors (Lipinski definition) is 4. The van der Waals surface area contributed by atoms with Crippen LogP contribution in [0, 0.1) is 12.7 Å². The zero-order valence-corrected chi connectivity index (χ0v) is 14.0. The minimum atomic E-state index is -0.456. The number of benzene rings is 1. The van der Waals surface area contributed by atoms with Gasteiger partial charge in [0.2, 0.25) is 0 Å². The van der Waals surface area contributed by atoms with Gasteiger partial charge in [0.25, 0.3) is 5.91 Å². The van der Waals surface area contributed by atoms with Crippen molar-refractivity contribution < 1.29 is 18.7 Å². The number of H-pyrrole nitrogens is 1. The predicted molar refractivity (Wildman–Crippen MR) is 93.6 cm³/mol. The van der Waals surface area contributed by atoms with Gasteiger partial charge in [-0.05, 0) is 36.8 Å². The van der Waals surface area contributed by atoms with E-state index < -0.39 is 5.82 Å². The number of ether oxygens (including phenoxy) is 1. The number of carbonyl (C=O) groups excluding carboxylic acids is 2. The highest BCUT2D eigenvalue weighted by Crippen LogP contribution is 2.28. The first kappa shape index (κ1) is 17.3. The van der Waals surface area contributed by atoms with Crippen molar-refractivity contribution in [1.82, 2.24) is 15.3 Å². The van der Waals surface area contributed by atoms with E-state index in [-0.39, 0.29) is 18.2 Å². The van der Waals surface area contributed by atoms with Gasteiger partial charge in [-0.1, -0.05) is 6.07 Å². The van der Waals surface area contributed by atoms with Crippen molar-refractivity contribution in [3.63, 3.8) is 0 Å². The smallest absolute Gasteiger partial charge is 0.253 e. The molecule has 0 aliphatic rings. The fourth-order valence-corrected chi connectivity index (χ4v) is 2.35. The Morgan fingerprint density at radius 2 is 2.15 bits per heavy atom. The zero-order chi connectivity index (χ0) is 18.5. The Bertz CT molecular complexity index is 953. The molecular weight excluding hydrogens is 337 g/mol. The molecule has 1 aromatic carbocycles. The van der Waals surface area contributed by atoms with E-state index in [1.54, 1.807) is 30.3 Å². The van der Waals surface area contributed by atoms with Crippen molar-refractivity contribution in [3.8, 4) is 22.9 Å². The Labute approximate surface area is 149 Å². The fraction of sp³-hybridized carbons (Fsp3) is 0.105. The van der Waals surface area contributed by atoms with Crippen molar-refractivity contribution in [2.45, 2.75) is 6.92 Å². The second-order valence-corrected chi connectivity index (χ2v) is 5.59. The summed E-state index contributed by atoms with van der Waals surface area (Å²) in [6.45, 7) is 1.80. The third kappa shape index (κ3) is 3.94. The summed E-state index contributed by atoms with van der Waals surface area (Å²) in [7, 11) is 0. The van der Waals surface area contributed by atoms with Crippen LogP contribution < -0.4 is 10.1 Å². The molecule has 7 heteroatoms. The minimum absolute atomic E-state index is 0.0526. The van der Waals surface area contributed by atoms with Crippen molar-refractivity contribution >= 4 is 12.2 Å². The molecule has 2 heterocycles. The molecule has 132 valence electrons. The van der Waals surface area contributed by atoms with Crippen LogP contribution in [-0.4, -0.2) is 28.7 Å². The number of amides is 1. The normalized spacial score (nSPS) is 10.4. The molecule has 6 nitrogen and oxygen atoms in total. The molecule has 2 aromatic heterocycles. The SMILES string of the molecule is Cc1ccc(F)c(Oc2ccnc(-c3cc(C(=O)NCC=O)c[nH]3)c2)c1. The summed E-state index contributed by atoms with van der Waals surface area (Å²) in [4.78, 5) is 29.4. The number of aryl methyl sites for hydroxylation is 1. The lowest BCUT2D eigenvalue weighted by atomic mass is 10.2. The molecule has 0 unspecified atom stereocenters. The molecule has 1 amide bonds. The summed E-state index contributed by atoms with van der Waals surface area (Å²) in [5.41, 5.74) is 2.38. The second-order valence-electron chi connectivity index (χ2n) is 5.59. The molecular formula is C19H16FN3O3. The Morgan fingerprint density at radius 1 is 1.31 bits per heavy atom. The highest BCUT2D eigenvalue weighted by atomic mass is 19.1. The van der Waals surface area contributed by atoms with Gasteiger partial charge in [-0.2, -0.15) is 0 Å². The van der Waals surface area contributed by atoms with Crippen LogP contribution in [0.2, 0.25) is 0 Å². The number of pyridine rings is 1. The maximum absolute atomic E-state index is 13.9. The van der Waals surface area contributed by atoms with Crippen LogP contribution in [0.3, 0.4) is 0 Å². The first-order valence-electron chi connectivity index (χ1n) is 7.87. The van der Waals surface area contributed by atoms with Crippen molar-refractivity contribution in [2.75, 3.05) is 6.54 Å². The average Bonchev–Trinajstić information content (AvgIpc) is 3.13. The second kappa shape index (κ2) is 7.60. The molecule has 3 rings (SSSR count). The summed E-state index contributed by atoms with van der Waals surface area (Å²) >= 11 is 0. The van der Waals surface area contributed by atoms with Gasteiger partial charge in [0.05, 0.1) is 23.5 Å². The third-order valence-electron chi connectivity index (χ3n) is 3.61. The number of rotatable bonds is 6. The van der Waals surface area contributed by atoms with Crippen LogP contribution in [0.1, 0.15) is 15.9 Å². The summed E-state index contributed by atoms with van der Waals surface area (Å²) < 4.78 is 19.5. The lowest BCUT2D eigenvalue weighted by Crippen LogP contribution is -2.24. The maximum atomic E-state index is 13.9. The Balaban J connectivity index is 1.81. The summed E-state index contributed by atoms with van der Waals surface area (Å²) in [6, 6.07) is 9.49. The van der Waals surface area contributed by atoms with Gasteiger partial charge in [0.1, 0.15) is 12.0 Å². The lowest BCUT2D eigenvalue weighted by molar-refractivity contribution is -0.107. The average molecular weight is 353 g/mol. The van der Waals surface area contributed by atoms with Crippen molar-refractivity contribution in [2.24, 2.45) is 0 Å². The Morgan fingerprint density at radius 3 is 2.96 bits per heavy atom. The van der Waals surface area contributed by atoms with E-state index in [1.807, 2.05) is 6.92 Å². The van der Waals surface area contributed by atoms with E-state index in [2.05, 4.69) is 15.3 Å². The molecule has 2 N–H and O–H groups in total. The number of aldehydes is 1. The molecule has 0 fully saturated rings. The van der Waals surface area contributed by atoms with Gasteiger partial charge in [0, 0.05) is 18.5 Å². The summed E-state index contributed by atoms with van der Waals surface area (Å²) in [6.07, 6.45) is 3.66. The van der Waals surface area contributed by atoms with Crippen molar-refractivity contribution in [1.29, 1.82) is 0 Å². The van der Waals surface area contributed by atoms with Gasteiger partial charge in [-0.25, -0.2) is 4.39 Å². The minimum Gasteiger partial charge on any atom is -0.454 e. The van der Waals surface area contributed by atoms with E-state index >= 15 is 0 Å². The Kier molecular flexibility index (Phi) is 5.07. The van der Waals surface area contributed by atoms with Gasteiger partial charge in [-0.3, -0.25) is 9.78 Å². The highest BCUT2D eigenvalue weighted by molar-refractivity contribution is 5.96. The number of nitrogens with zero attached hydrogens (tertiary/aromatic N) is 1. The quantitative estimate of drug-likeness (QED) is 0.666. The monoisotopic (exact) mass is 353 g/mol. The van der Waals surface area contributed by atoms with Gasteiger partial charge in [-0.15, -0.1) is 0 Å². The molecule has 0 saturated carbocycles. The largest absolute Gasteiger partial charge is 0.454 e. The number of halogens is 1. The topological polar surface area (TPSA) is 84.1 Å². The molecule has 0 aliphatic carbocycles. The van der Waals surface area contributed by atoms with Crippen LogP contribution in [0.5, 0.6) is 11.5 Å². The molecule has 0 aliphatic heterocycles. The number of hydrogen-bond donors (Lipinski definition) is 2. The molecule has 0 radical (unpaired) electrons. The molecule has 0 spiro atoms. The number of aromatic nitrogens is 2. The van der Waals surface area contributed by atoms with Gasteiger partial charge >= 0.3 is 0 Å². The van der Waals surface area contributed by atoms with E-state index in [0.717, 1.165) is 5.56 Å². The third-order valence-corrected chi connectivity index (χ3v) is 3.61. The van der Waals surface area contributed by atoms with Gasteiger partial charge in [0.15, 0.2) is 11.6 Å². The number of aromatic amines is 1. The summed E-state index contributed by atoms with van der Waals surface area (Å²) in [5, 5.41) is 2.46. The molecule has 0 bridgehead atoms. The fourth-order valence-electron chi connectivity index (χ4n) is 2.35. The van der Waals surface area contributed by atoms with E-state index in [4.69, 9.17) is 4.74 Å². The zero-order valence-electron chi connectivity index (χ0n) is 14.0. The standard InChI is InChI=1S/C19H16FN3O3/c1-12-2-3-15(20)18(8-12)26-14-4-5-21-17(10-14)16-9-13(11-23-16)19(25)22-6-7-24/h2-5,7-11,23H,6H2,1H3,(H,22,25). The van der Waals surface area contributed by atoms with Gasteiger partial charge < -0.3 is 19.8 Å².